The van der Waals surface area contributed by atoms with Crippen LogP contribution in [0.15, 0.2) is 39.8 Å². The first-order chi connectivity index (χ1) is 12.2. The van der Waals surface area contributed by atoms with Gasteiger partial charge in [-0.25, -0.2) is 18.4 Å². The van der Waals surface area contributed by atoms with E-state index in [-0.39, 0.29) is 10.7 Å². The molecule has 0 unspecified atom stereocenters. The van der Waals surface area contributed by atoms with Gasteiger partial charge in [-0.05, 0) is 57.0 Å². The number of hydrogen-bond acceptors (Lipinski definition) is 5. The van der Waals surface area contributed by atoms with Crippen LogP contribution in [0.1, 0.15) is 22.5 Å². The van der Waals surface area contributed by atoms with Crippen molar-refractivity contribution in [1.82, 2.24) is 19.7 Å². The third-order valence-electron chi connectivity index (χ3n) is 3.74. The number of anilines is 1. The minimum atomic E-state index is -3.80. The molecule has 26 heavy (non-hydrogen) atoms. The predicted octanol–water partition coefficient (Wildman–Crippen LogP) is 3.46. The maximum atomic E-state index is 13.0. The van der Waals surface area contributed by atoms with Crippen molar-refractivity contribution in [1.29, 1.82) is 0 Å². The standard InChI is InChI=1S/C17H18BrN5O2S/c1-10-7-14(18)8-11(2)16(10)26(24,25)22-15-5-6-19-23(15)17-20-12(3)9-13(4)21-17/h5-9,22H,1-4H3. The van der Waals surface area contributed by atoms with Crippen LogP contribution in [0.4, 0.5) is 5.82 Å². The van der Waals surface area contributed by atoms with Crippen LogP contribution in [-0.2, 0) is 10.0 Å². The molecule has 0 fully saturated rings. The molecule has 0 spiro atoms. The molecule has 0 aliphatic heterocycles. The van der Waals surface area contributed by atoms with Crippen LogP contribution in [0.25, 0.3) is 5.95 Å². The van der Waals surface area contributed by atoms with Gasteiger partial charge >= 0.3 is 0 Å². The van der Waals surface area contributed by atoms with Gasteiger partial charge in [0.25, 0.3) is 16.0 Å². The Morgan fingerprint density at radius 1 is 1.00 bits per heavy atom. The second-order valence-corrected chi connectivity index (χ2v) is 8.59. The fourth-order valence-electron chi connectivity index (χ4n) is 2.85. The average molecular weight is 436 g/mol. The van der Waals surface area contributed by atoms with E-state index < -0.39 is 10.0 Å². The SMILES string of the molecule is Cc1cc(C)nc(-n2nccc2NS(=O)(=O)c2c(C)cc(Br)cc2C)n1. The van der Waals surface area contributed by atoms with Crippen molar-refractivity contribution in [2.24, 2.45) is 0 Å². The van der Waals surface area contributed by atoms with Gasteiger partial charge in [0.2, 0.25) is 0 Å². The van der Waals surface area contributed by atoms with E-state index in [0.29, 0.717) is 17.1 Å². The maximum Gasteiger partial charge on any atom is 0.263 e. The lowest BCUT2D eigenvalue weighted by Crippen LogP contribution is -2.19. The maximum absolute atomic E-state index is 13.0. The van der Waals surface area contributed by atoms with E-state index >= 15 is 0 Å². The van der Waals surface area contributed by atoms with Gasteiger partial charge in [0.15, 0.2) is 0 Å². The highest BCUT2D eigenvalue weighted by Crippen LogP contribution is 2.27. The Balaban J connectivity index is 2.04. The Morgan fingerprint density at radius 3 is 2.15 bits per heavy atom. The predicted molar refractivity (Wildman–Crippen MR) is 103 cm³/mol. The van der Waals surface area contributed by atoms with Crippen molar-refractivity contribution in [3.8, 4) is 5.95 Å². The lowest BCUT2D eigenvalue weighted by Gasteiger charge is -2.14. The van der Waals surface area contributed by atoms with Crippen molar-refractivity contribution < 1.29 is 8.42 Å². The molecule has 1 aromatic carbocycles. The summed E-state index contributed by atoms with van der Waals surface area (Å²) >= 11 is 3.38. The quantitative estimate of drug-likeness (QED) is 0.677. The molecule has 0 radical (unpaired) electrons. The molecule has 0 aliphatic carbocycles. The summed E-state index contributed by atoms with van der Waals surface area (Å²) in [5, 5.41) is 4.16. The lowest BCUT2D eigenvalue weighted by atomic mass is 10.2. The Hall–Kier alpha value is -2.26. The Labute approximate surface area is 160 Å². The first kappa shape index (κ1) is 18.5. The second kappa shape index (κ2) is 6.81. The summed E-state index contributed by atoms with van der Waals surface area (Å²) in [6, 6.07) is 6.95. The first-order valence-corrected chi connectivity index (χ1v) is 10.1. The summed E-state index contributed by atoms with van der Waals surface area (Å²) in [6.07, 6.45) is 1.50. The molecule has 1 N–H and O–H groups in total. The van der Waals surface area contributed by atoms with Gasteiger partial charge < -0.3 is 0 Å². The molecule has 7 nitrogen and oxygen atoms in total. The molecule has 0 atom stereocenters. The number of sulfonamides is 1. The molecule has 0 saturated heterocycles. The summed E-state index contributed by atoms with van der Waals surface area (Å²) in [5.74, 6) is 0.589. The van der Waals surface area contributed by atoms with E-state index in [2.05, 4.69) is 35.7 Å². The van der Waals surface area contributed by atoms with E-state index in [9.17, 15) is 8.42 Å². The van der Waals surface area contributed by atoms with Crippen molar-refractivity contribution in [3.05, 3.63) is 57.4 Å². The normalized spacial score (nSPS) is 11.6. The van der Waals surface area contributed by atoms with E-state index in [1.54, 1.807) is 32.0 Å². The van der Waals surface area contributed by atoms with Crippen molar-refractivity contribution in [2.75, 3.05) is 4.72 Å². The molecular weight excluding hydrogens is 418 g/mol. The molecule has 0 saturated carbocycles. The number of halogens is 1. The van der Waals surface area contributed by atoms with Gasteiger partial charge in [-0.2, -0.15) is 9.78 Å². The zero-order chi connectivity index (χ0) is 19.1. The number of hydrogen-bond donors (Lipinski definition) is 1. The molecule has 9 heteroatoms. The number of nitrogens with one attached hydrogen (secondary N) is 1. The largest absolute Gasteiger partial charge is 0.263 e. The summed E-state index contributed by atoms with van der Waals surface area (Å²) in [7, 11) is -3.80. The summed E-state index contributed by atoms with van der Waals surface area (Å²) in [5.41, 5.74) is 2.85. The fourth-order valence-corrected chi connectivity index (χ4v) is 5.04. The molecule has 3 aromatic rings. The van der Waals surface area contributed by atoms with Crippen molar-refractivity contribution in [3.63, 3.8) is 0 Å². The van der Waals surface area contributed by atoms with Gasteiger partial charge in [-0.3, -0.25) is 4.72 Å². The molecule has 0 amide bonds. The number of benzene rings is 1. The minimum Gasteiger partial charge on any atom is -0.263 e. The summed E-state index contributed by atoms with van der Waals surface area (Å²) in [6.45, 7) is 7.22. The highest BCUT2D eigenvalue weighted by Gasteiger charge is 2.22. The zero-order valence-electron chi connectivity index (χ0n) is 14.8. The fraction of sp³-hybridized carbons (Fsp3) is 0.235. The van der Waals surface area contributed by atoms with E-state index in [0.717, 1.165) is 15.9 Å². The van der Waals surface area contributed by atoms with Gasteiger partial charge in [0, 0.05) is 21.9 Å². The minimum absolute atomic E-state index is 0.245. The van der Waals surface area contributed by atoms with Crippen molar-refractivity contribution in [2.45, 2.75) is 32.6 Å². The molecule has 0 bridgehead atoms. The molecule has 136 valence electrons. The first-order valence-electron chi connectivity index (χ1n) is 7.83. The third kappa shape index (κ3) is 3.63. The van der Waals surface area contributed by atoms with Gasteiger partial charge in [-0.1, -0.05) is 15.9 Å². The smallest absolute Gasteiger partial charge is 0.263 e. The molecule has 0 aliphatic rings. The van der Waals surface area contributed by atoms with Crippen LogP contribution in [-0.4, -0.2) is 28.2 Å². The summed E-state index contributed by atoms with van der Waals surface area (Å²) < 4.78 is 30.7. The van der Waals surface area contributed by atoms with Crippen LogP contribution in [0, 0.1) is 27.7 Å². The average Bonchev–Trinajstić information content (AvgIpc) is 2.91. The van der Waals surface area contributed by atoms with Crippen LogP contribution < -0.4 is 4.72 Å². The lowest BCUT2D eigenvalue weighted by molar-refractivity contribution is 0.599. The Kier molecular flexibility index (Phi) is 4.85. The highest BCUT2D eigenvalue weighted by atomic mass is 79.9. The topological polar surface area (TPSA) is 89.8 Å². The van der Waals surface area contributed by atoms with E-state index in [1.165, 1.54) is 10.9 Å². The zero-order valence-corrected chi connectivity index (χ0v) is 17.2. The highest BCUT2D eigenvalue weighted by molar-refractivity contribution is 9.10. The van der Waals surface area contributed by atoms with Crippen LogP contribution in [0.3, 0.4) is 0 Å². The Morgan fingerprint density at radius 2 is 1.58 bits per heavy atom. The molecule has 2 heterocycles. The van der Waals surface area contributed by atoms with Crippen molar-refractivity contribution >= 4 is 31.8 Å². The van der Waals surface area contributed by atoms with Gasteiger partial charge in [0.1, 0.15) is 5.82 Å². The van der Waals surface area contributed by atoms with Gasteiger partial charge in [-0.15, -0.1) is 0 Å². The van der Waals surface area contributed by atoms with Crippen LogP contribution in [0.2, 0.25) is 0 Å². The number of aromatic nitrogens is 4. The van der Waals surface area contributed by atoms with Crippen LogP contribution >= 0.6 is 15.9 Å². The number of rotatable bonds is 4. The van der Waals surface area contributed by atoms with E-state index in [4.69, 9.17) is 0 Å². The van der Waals surface area contributed by atoms with E-state index in [1.807, 2.05) is 19.9 Å². The number of aryl methyl sites for hydroxylation is 4. The van der Waals surface area contributed by atoms with Gasteiger partial charge in [0.05, 0.1) is 11.1 Å². The monoisotopic (exact) mass is 435 g/mol. The molecule has 2 aromatic heterocycles. The Bertz CT molecular complexity index is 1050. The summed E-state index contributed by atoms with van der Waals surface area (Å²) in [4.78, 5) is 8.92. The van der Waals surface area contributed by atoms with Crippen LogP contribution in [0.5, 0.6) is 0 Å². The molecular formula is C17H18BrN5O2S. The number of nitrogens with zero attached hydrogens (tertiary/aromatic N) is 4. The second-order valence-electron chi connectivity index (χ2n) is 6.05. The molecule has 3 rings (SSSR count). The third-order valence-corrected chi connectivity index (χ3v) is 5.85.